The quantitative estimate of drug-likeness (QED) is 0.719. The fourth-order valence-corrected chi connectivity index (χ4v) is 4.55. The number of benzene rings is 1. The summed E-state index contributed by atoms with van der Waals surface area (Å²) < 4.78 is 17.5. The molecule has 3 saturated heterocycles. The second-order valence-electron chi connectivity index (χ2n) is 8.35. The molecule has 3 heterocycles. The topological polar surface area (TPSA) is 48.0 Å². The number of hydrogen-bond acceptors (Lipinski definition) is 4. The normalized spacial score (nSPS) is 24.9. The minimum atomic E-state index is -0.137. The maximum Gasteiger partial charge on any atom is 0.254 e. The van der Waals surface area contributed by atoms with Gasteiger partial charge in [-0.25, -0.2) is 0 Å². The lowest BCUT2D eigenvalue weighted by Crippen LogP contribution is -2.66. The molecule has 3 aliphatic rings. The van der Waals surface area contributed by atoms with E-state index in [-0.39, 0.29) is 11.5 Å². The summed E-state index contributed by atoms with van der Waals surface area (Å²) in [5.41, 5.74) is 1.80. The van der Waals surface area contributed by atoms with Crippen molar-refractivity contribution in [3.63, 3.8) is 0 Å². The molecule has 3 fully saturated rings. The van der Waals surface area contributed by atoms with Crippen molar-refractivity contribution >= 4 is 5.91 Å². The number of carbonyl (C=O) groups is 1. The van der Waals surface area contributed by atoms with Crippen LogP contribution in [0.4, 0.5) is 0 Å². The molecular weight excluding hydrogens is 342 g/mol. The van der Waals surface area contributed by atoms with E-state index in [9.17, 15) is 4.79 Å². The molecule has 0 bridgehead atoms. The molecule has 1 aromatic carbocycles. The van der Waals surface area contributed by atoms with Gasteiger partial charge < -0.3 is 19.1 Å². The lowest BCUT2D eigenvalue weighted by Gasteiger charge is -2.50. The summed E-state index contributed by atoms with van der Waals surface area (Å²) in [4.78, 5) is 14.6. The van der Waals surface area contributed by atoms with Crippen LogP contribution in [-0.4, -0.2) is 62.5 Å². The fraction of sp³-hybridized carbons (Fsp3) is 0.682. The standard InChI is InChI=1S/C22H31NO4/c1-17-2-4-19(5-3-17)21(24)23-15-22(16-23)20(9-13-27-22)8-12-26-14-18-6-10-25-11-7-18/h2-5,18,20H,6-16H2,1H3/t20-/m0/s1. The maximum atomic E-state index is 12.7. The van der Waals surface area contributed by atoms with Gasteiger partial charge in [-0.15, -0.1) is 0 Å². The van der Waals surface area contributed by atoms with Gasteiger partial charge in [0, 0.05) is 38.6 Å². The third-order valence-corrected chi connectivity index (χ3v) is 6.41. The predicted octanol–water partition coefficient (Wildman–Crippen LogP) is 3.06. The summed E-state index contributed by atoms with van der Waals surface area (Å²) in [6.45, 7) is 7.65. The Morgan fingerprint density at radius 3 is 2.63 bits per heavy atom. The van der Waals surface area contributed by atoms with Crippen LogP contribution in [0, 0.1) is 18.8 Å². The van der Waals surface area contributed by atoms with E-state index in [0.29, 0.717) is 24.9 Å². The number of amides is 1. The van der Waals surface area contributed by atoms with E-state index in [1.54, 1.807) is 0 Å². The van der Waals surface area contributed by atoms with E-state index in [4.69, 9.17) is 14.2 Å². The molecule has 0 aliphatic carbocycles. The Morgan fingerprint density at radius 1 is 1.15 bits per heavy atom. The zero-order valence-corrected chi connectivity index (χ0v) is 16.3. The van der Waals surface area contributed by atoms with Gasteiger partial charge in [0.25, 0.3) is 5.91 Å². The van der Waals surface area contributed by atoms with Gasteiger partial charge in [0.1, 0.15) is 5.60 Å². The van der Waals surface area contributed by atoms with Crippen molar-refractivity contribution in [3.05, 3.63) is 35.4 Å². The molecule has 1 amide bonds. The highest BCUT2D eigenvalue weighted by Crippen LogP contribution is 2.42. The minimum Gasteiger partial charge on any atom is -0.381 e. The second-order valence-corrected chi connectivity index (χ2v) is 8.35. The average molecular weight is 373 g/mol. The summed E-state index contributed by atoms with van der Waals surface area (Å²) in [5.74, 6) is 1.26. The third kappa shape index (κ3) is 4.20. The van der Waals surface area contributed by atoms with Crippen molar-refractivity contribution in [2.45, 2.75) is 38.2 Å². The first-order chi connectivity index (χ1) is 13.2. The summed E-state index contributed by atoms with van der Waals surface area (Å²) >= 11 is 0. The highest BCUT2D eigenvalue weighted by atomic mass is 16.5. The van der Waals surface area contributed by atoms with Crippen molar-refractivity contribution in [2.24, 2.45) is 11.8 Å². The Bertz CT molecular complexity index is 632. The van der Waals surface area contributed by atoms with Crippen molar-refractivity contribution in [1.29, 1.82) is 0 Å². The molecule has 0 radical (unpaired) electrons. The van der Waals surface area contributed by atoms with Gasteiger partial charge in [-0.2, -0.15) is 0 Å². The zero-order valence-electron chi connectivity index (χ0n) is 16.3. The molecular formula is C22H31NO4. The number of likely N-dealkylation sites (tertiary alicyclic amines) is 1. The monoisotopic (exact) mass is 373 g/mol. The van der Waals surface area contributed by atoms with E-state index in [1.165, 1.54) is 5.56 Å². The third-order valence-electron chi connectivity index (χ3n) is 6.41. The van der Waals surface area contributed by atoms with Crippen LogP contribution in [0.1, 0.15) is 41.6 Å². The Labute approximate surface area is 162 Å². The van der Waals surface area contributed by atoms with Gasteiger partial charge in [-0.1, -0.05) is 17.7 Å². The molecule has 0 saturated carbocycles. The van der Waals surface area contributed by atoms with E-state index >= 15 is 0 Å². The van der Waals surface area contributed by atoms with E-state index < -0.39 is 0 Å². The molecule has 0 aromatic heterocycles. The van der Waals surface area contributed by atoms with Crippen LogP contribution in [0.3, 0.4) is 0 Å². The summed E-state index contributed by atoms with van der Waals surface area (Å²) in [6, 6.07) is 7.82. The van der Waals surface area contributed by atoms with Crippen LogP contribution in [0.5, 0.6) is 0 Å². The van der Waals surface area contributed by atoms with Gasteiger partial charge in [0.2, 0.25) is 0 Å². The molecule has 4 rings (SSSR count). The van der Waals surface area contributed by atoms with Crippen LogP contribution in [0.2, 0.25) is 0 Å². The molecule has 5 nitrogen and oxygen atoms in total. The number of carbonyl (C=O) groups excluding carboxylic acids is 1. The average Bonchev–Trinajstić information content (AvgIpc) is 3.09. The van der Waals surface area contributed by atoms with E-state index in [2.05, 4.69) is 0 Å². The lowest BCUT2D eigenvalue weighted by atomic mass is 9.79. The molecule has 1 aromatic rings. The van der Waals surface area contributed by atoms with Gasteiger partial charge in [-0.05, 0) is 56.6 Å². The van der Waals surface area contributed by atoms with E-state index in [0.717, 1.165) is 64.3 Å². The second kappa shape index (κ2) is 8.29. The number of aryl methyl sites for hydroxylation is 1. The Hall–Kier alpha value is -1.43. The number of rotatable bonds is 6. The molecule has 3 aliphatic heterocycles. The number of ether oxygens (including phenoxy) is 3. The highest BCUT2D eigenvalue weighted by molar-refractivity contribution is 5.95. The summed E-state index contributed by atoms with van der Waals surface area (Å²) in [6.07, 6.45) is 4.34. The van der Waals surface area contributed by atoms with Gasteiger partial charge >= 0.3 is 0 Å². The summed E-state index contributed by atoms with van der Waals surface area (Å²) in [7, 11) is 0. The lowest BCUT2D eigenvalue weighted by molar-refractivity contribution is -0.121. The van der Waals surface area contributed by atoms with Crippen LogP contribution >= 0.6 is 0 Å². The van der Waals surface area contributed by atoms with E-state index in [1.807, 2.05) is 36.1 Å². The van der Waals surface area contributed by atoms with Crippen molar-refractivity contribution in [1.82, 2.24) is 4.90 Å². The van der Waals surface area contributed by atoms with Crippen LogP contribution in [-0.2, 0) is 14.2 Å². The minimum absolute atomic E-state index is 0.116. The largest absolute Gasteiger partial charge is 0.381 e. The molecule has 27 heavy (non-hydrogen) atoms. The first-order valence-electron chi connectivity index (χ1n) is 10.3. The fourth-order valence-electron chi connectivity index (χ4n) is 4.55. The van der Waals surface area contributed by atoms with Crippen LogP contribution in [0.15, 0.2) is 24.3 Å². The molecule has 1 spiro atoms. The van der Waals surface area contributed by atoms with Crippen molar-refractivity contribution < 1.29 is 19.0 Å². The first kappa shape index (κ1) is 18.9. The van der Waals surface area contributed by atoms with Crippen LogP contribution in [0.25, 0.3) is 0 Å². The number of nitrogens with zero attached hydrogens (tertiary/aromatic N) is 1. The Balaban J connectivity index is 1.23. The molecule has 0 N–H and O–H groups in total. The van der Waals surface area contributed by atoms with Gasteiger partial charge in [-0.3, -0.25) is 4.79 Å². The molecule has 0 unspecified atom stereocenters. The molecule has 1 atom stereocenters. The molecule has 5 heteroatoms. The van der Waals surface area contributed by atoms with Crippen molar-refractivity contribution in [2.75, 3.05) is 46.1 Å². The Morgan fingerprint density at radius 2 is 1.89 bits per heavy atom. The SMILES string of the molecule is Cc1ccc(C(=O)N2CC3(C2)OCC[C@@H]3CCOCC2CCOCC2)cc1. The molecule has 148 valence electrons. The maximum absolute atomic E-state index is 12.7. The predicted molar refractivity (Wildman–Crippen MR) is 103 cm³/mol. The number of hydrogen-bond donors (Lipinski definition) is 0. The summed E-state index contributed by atoms with van der Waals surface area (Å²) in [5, 5.41) is 0. The van der Waals surface area contributed by atoms with Crippen molar-refractivity contribution in [3.8, 4) is 0 Å². The van der Waals surface area contributed by atoms with Gasteiger partial charge in [0.05, 0.1) is 13.1 Å². The first-order valence-corrected chi connectivity index (χ1v) is 10.3. The Kier molecular flexibility index (Phi) is 5.81. The van der Waals surface area contributed by atoms with Gasteiger partial charge in [0.15, 0.2) is 0 Å². The smallest absolute Gasteiger partial charge is 0.254 e. The highest BCUT2D eigenvalue weighted by Gasteiger charge is 2.54. The van der Waals surface area contributed by atoms with Crippen LogP contribution < -0.4 is 0 Å². The zero-order chi connectivity index (χ0) is 18.7.